The summed E-state index contributed by atoms with van der Waals surface area (Å²) in [5, 5.41) is 12.2. The molecule has 1 aliphatic heterocycles. The van der Waals surface area contributed by atoms with Gasteiger partial charge < -0.3 is 15.3 Å². The number of nitrogens with zero attached hydrogens (tertiary/aromatic N) is 1. The van der Waals surface area contributed by atoms with Gasteiger partial charge >= 0.3 is 12.0 Å². The molecule has 0 bridgehead atoms. The van der Waals surface area contributed by atoms with Crippen molar-refractivity contribution in [2.75, 3.05) is 6.54 Å². The number of urea groups is 1. The lowest BCUT2D eigenvalue weighted by atomic mass is 9.96. The maximum Gasteiger partial charge on any atom is 0.326 e. The van der Waals surface area contributed by atoms with E-state index in [1.165, 1.54) is 11.3 Å². The van der Waals surface area contributed by atoms with Gasteiger partial charge in [0.1, 0.15) is 6.04 Å². The summed E-state index contributed by atoms with van der Waals surface area (Å²) in [6.45, 7) is 2.45. The lowest BCUT2D eigenvalue weighted by Gasteiger charge is -2.28. The van der Waals surface area contributed by atoms with Crippen LogP contribution in [-0.2, 0) is 4.79 Å². The Bertz CT molecular complexity index is 326. The first-order chi connectivity index (χ1) is 8.59. The topological polar surface area (TPSA) is 69.6 Å². The number of aliphatic carboxylic acids is 1. The van der Waals surface area contributed by atoms with E-state index in [-0.39, 0.29) is 18.0 Å². The highest BCUT2D eigenvalue weighted by molar-refractivity contribution is 5.83. The molecule has 0 aromatic rings. The lowest BCUT2D eigenvalue weighted by molar-refractivity contribution is -0.142. The van der Waals surface area contributed by atoms with Crippen LogP contribution in [0, 0.1) is 5.92 Å². The molecule has 102 valence electrons. The van der Waals surface area contributed by atoms with Gasteiger partial charge in [0.15, 0.2) is 0 Å². The average molecular weight is 254 g/mol. The van der Waals surface area contributed by atoms with Gasteiger partial charge in [-0.1, -0.05) is 26.2 Å². The fraction of sp³-hybridized carbons (Fsp3) is 0.846. The van der Waals surface area contributed by atoms with Crippen LogP contribution < -0.4 is 5.32 Å². The van der Waals surface area contributed by atoms with Crippen LogP contribution >= 0.6 is 0 Å². The van der Waals surface area contributed by atoms with E-state index in [1.807, 2.05) is 6.92 Å². The summed E-state index contributed by atoms with van der Waals surface area (Å²) in [5.74, 6) is -0.849. The maximum absolute atomic E-state index is 12.1. The zero-order valence-electron chi connectivity index (χ0n) is 10.9. The summed E-state index contributed by atoms with van der Waals surface area (Å²) >= 11 is 0. The SMILES string of the molecule is CC1CCN(C(=O)NC2CCCCC2)C1C(=O)O. The van der Waals surface area contributed by atoms with E-state index in [9.17, 15) is 14.7 Å². The minimum Gasteiger partial charge on any atom is -0.480 e. The molecule has 2 fully saturated rings. The largest absolute Gasteiger partial charge is 0.480 e. The Hall–Kier alpha value is -1.26. The number of carbonyl (C=O) groups is 2. The Balaban J connectivity index is 1.93. The van der Waals surface area contributed by atoms with Crippen LogP contribution in [0.1, 0.15) is 45.4 Å². The molecule has 2 unspecified atom stereocenters. The monoisotopic (exact) mass is 254 g/mol. The van der Waals surface area contributed by atoms with Crippen molar-refractivity contribution in [2.45, 2.75) is 57.5 Å². The fourth-order valence-electron chi connectivity index (χ4n) is 3.06. The molecule has 2 rings (SSSR count). The number of hydrogen-bond donors (Lipinski definition) is 2. The molecule has 5 nitrogen and oxygen atoms in total. The molecule has 5 heteroatoms. The molecule has 0 spiro atoms. The number of carboxylic acids is 1. The standard InChI is InChI=1S/C13H22N2O3/c1-9-7-8-15(11(9)12(16)17)13(18)14-10-5-3-2-4-6-10/h9-11H,2-8H2,1H3,(H,14,18)(H,16,17). The third-order valence-electron chi connectivity index (χ3n) is 4.15. The molecule has 2 aliphatic rings. The van der Waals surface area contributed by atoms with Crippen molar-refractivity contribution in [2.24, 2.45) is 5.92 Å². The van der Waals surface area contributed by atoms with Crippen molar-refractivity contribution in [1.82, 2.24) is 10.2 Å². The van der Waals surface area contributed by atoms with E-state index in [2.05, 4.69) is 5.32 Å². The lowest BCUT2D eigenvalue weighted by Crippen LogP contribution is -2.50. The summed E-state index contributed by atoms with van der Waals surface area (Å²) in [5.41, 5.74) is 0. The van der Waals surface area contributed by atoms with Crippen LogP contribution in [0.5, 0.6) is 0 Å². The summed E-state index contributed by atoms with van der Waals surface area (Å²) in [6.07, 6.45) is 6.37. The van der Waals surface area contributed by atoms with E-state index in [0.717, 1.165) is 32.1 Å². The minimum atomic E-state index is -0.890. The third kappa shape index (κ3) is 2.76. The first-order valence-corrected chi connectivity index (χ1v) is 6.89. The van der Waals surface area contributed by atoms with Crippen LogP contribution in [0.4, 0.5) is 4.79 Å². The zero-order chi connectivity index (χ0) is 13.1. The molecule has 2 amide bonds. The number of carboxylic acid groups (broad SMARTS) is 1. The predicted octanol–water partition coefficient (Wildman–Crippen LogP) is 1.82. The number of nitrogens with one attached hydrogen (secondary N) is 1. The van der Waals surface area contributed by atoms with Gasteiger partial charge in [-0.05, 0) is 25.2 Å². The van der Waals surface area contributed by atoms with Gasteiger partial charge in [-0.15, -0.1) is 0 Å². The number of amides is 2. The van der Waals surface area contributed by atoms with Crippen LogP contribution in [-0.4, -0.2) is 40.6 Å². The Morgan fingerprint density at radius 3 is 2.44 bits per heavy atom. The van der Waals surface area contributed by atoms with Crippen LogP contribution in [0.3, 0.4) is 0 Å². The van der Waals surface area contributed by atoms with E-state index in [1.54, 1.807) is 0 Å². The van der Waals surface area contributed by atoms with Crippen molar-refractivity contribution >= 4 is 12.0 Å². The Morgan fingerprint density at radius 2 is 1.83 bits per heavy atom. The number of carbonyl (C=O) groups excluding carboxylic acids is 1. The van der Waals surface area contributed by atoms with Crippen LogP contribution in [0.2, 0.25) is 0 Å². The number of hydrogen-bond acceptors (Lipinski definition) is 2. The van der Waals surface area contributed by atoms with E-state index < -0.39 is 12.0 Å². The molecule has 2 atom stereocenters. The van der Waals surface area contributed by atoms with Crippen LogP contribution in [0.25, 0.3) is 0 Å². The summed E-state index contributed by atoms with van der Waals surface area (Å²) < 4.78 is 0. The summed E-state index contributed by atoms with van der Waals surface area (Å²) in [4.78, 5) is 24.8. The second-order valence-corrected chi connectivity index (χ2v) is 5.53. The normalized spacial score (nSPS) is 29.3. The van der Waals surface area contributed by atoms with Crippen molar-refractivity contribution < 1.29 is 14.7 Å². The average Bonchev–Trinajstić information content (AvgIpc) is 2.72. The van der Waals surface area contributed by atoms with Gasteiger partial charge in [-0.2, -0.15) is 0 Å². The smallest absolute Gasteiger partial charge is 0.326 e. The highest BCUT2D eigenvalue weighted by Crippen LogP contribution is 2.25. The van der Waals surface area contributed by atoms with E-state index in [0.29, 0.717) is 6.54 Å². The first kappa shape index (κ1) is 13.2. The first-order valence-electron chi connectivity index (χ1n) is 6.89. The summed E-state index contributed by atoms with van der Waals surface area (Å²) in [7, 11) is 0. The highest BCUT2D eigenvalue weighted by atomic mass is 16.4. The van der Waals surface area contributed by atoms with Crippen molar-refractivity contribution in [1.29, 1.82) is 0 Å². The van der Waals surface area contributed by atoms with Gasteiger partial charge in [-0.25, -0.2) is 9.59 Å². The van der Waals surface area contributed by atoms with Gasteiger partial charge in [0.05, 0.1) is 0 Å². The van der Waals surface area contributed by atoms with Crippen molar-refractivity contribution in [3.63, 3.8) is 0 Å². The third-order valence-corrected chi connectivity index (χ3v) is 4.15. The quantitative estimate of drug-likeness (QED) is 0.789. The van der Waals surface area contributed by atoms with Crippen molar-refractivity contribution in [3.05, 3.63) is 0 Å². The zero-order valence-corrected chi connectivity index (χ0v) is 10.9. The molecule has 0 radical (unpaired) electrons. The molecule has 1 saturated carbocycles. The summed E-state index contributed by atoms with van der Waals surface area (Å²) in [6, 6.07) is -0.621. The van der Waals surface area contributed by atoms with Gasteiger partial charge in [0.25, 0.3) is 0 Å². The second kappa shape index (κ2) is 5.59. The predicted molar refractivity (Wildman–Crippen MR) is 67.3 cm³/mol. The highest BCUT2D eigenvalue weighted by Gasteiger charge is 2.39. The molecule has 0 aromatic carbocycles. The molecular weight excluding hydrogens is 232 g/mol. The minimum absolute atomic E-state index is 0.0413. The molecular formula is C13H22N2O3. The molecule has 1 aliphatic carbocycles. The molecule has 18 heavy (non-hydrogen) atoms. The molecule has 0 aromatic heterocycles. The molecule has 1 saturated heterocycles. The van der Waals surface area contributed by atoms with E-state index >= 15 is 0 Å². The Labute approximate surface area is 108 Å². The second-order valence-electron chi connectivity index (χ2n) is 5.53. The van der Waals surface area contributed by atoms with Gasteiger partial charge in [0.2, 0.25) is 0 Å². The van der Waals surface area contributed by atoms with Gasteiger partial charge in [0, 0.05) is 12.6 Å². The van der Waals surface area contributed by atoms with Crippen molar-refractivity contribution in [3.8, 4) is 0 Å². The van der Waals surface area contributed by atoms with Gasteiger partial charge in [-0.3, -0.25) is 0 Å². The maximum atomic E-state index is 12.1. The number of likely N-dealkylation sites (tertiary alicyclic amines) is 1. The Morgan fingerprint density at radius 1 is 1.17 bits per heavy atom. The molecule has 1 heterocycles. The molecule has 2 N–H and O–H groups in total. The fourth-order valence-corrected chi connectivity index (χ4v) is 3.06. The van der Waals surface area contributed by atoms with E-state index in [4.69, 9.17) is 0 Å². The Kier molecular flexibility index (Phi) is 4.09. The number of rotatable bonds is 2. The van der Waals surface area contributed by atoms with Crippen LogP contribution in [0.15, 0.2) is 0 Å².